The average Bonchev–Trinajstić information content (AvgIpc) is 2.62. The lowest BCUT2D eigenvalue weighted by atomic mass is 9.96. The third kappa shape index (κ3) is 8.03. The molecule has 0 heterocycles. The zero-order valence-electron chi connectivity index (χ0n) is 18.4. The van der Waals surface area contributed by atoms with Crippen molar-refractivity contribution in [2.24, 2.45) is 0 Å². The minimum absolute atomic E-state index is 0.120. The highest BCUT2D eigenvalue weighted by atomic mass is 35.5. The maximum absolute atomic E-state index is 12.1. The molecule has 6 heteroatoms. The smallest absolute Gasteiger partial charge is 0.160 e. The Labute approximate surface area is 179 Å². The summed E-state index contributed by atoms with van der Waals surface area (Å²) in [5.41, 5.74) is 1.35. The largest absolute Gasteiger partial charge is 0.495 e. The predicted molar refractivity (Wildman–Crippen MR) is 118 cm³/mol. The number of nitrogens with zero attached hydrogens (tertiary/aromatic N) is 1. The topological polar surface area (TPSA) is 55.8 Å². The van der Waals surface area contributed by atoms with Gasteiger partial charge in [-0.05, 0) is 70.9 Å². The minimum Gasteiger partial charge on any atom is -0.495 e. The van der Waals surface area contributed by atoms with Crippen molar-refractivity contribution in [2.75, 3.05) is 20.8 Å². The number of methoxy groups -OCH3 is 1. The molecule has 0 aliphatic rings. The summed E-state index contributed by atoms with van der Waals surface area (Å²) in [6.07, 6.45) is 4.70. The molecule has 0 saturated carbocycles. The Balaban J connectivity index is 3.20. The van der Waals surface area contributed by atoms with Crippen molar-refractivity contribution in [3.8, 4) is 0 Å². The molecule has 0 aromatic heterocycles. The first-order chi connectivity index (χ1) is 13.5. The lowest BCUT2D eigenvalue weighted by Gasteiger charge is -2.27. The predicted octanol–water partition coefficient (Wildman–Crippen LogP) is 5.14. The fourth-order valence-electron chi connectivity index (χ4n) is 2.70. The summed E-state index contributed by atoms with van der Waals surface area (Å²) in [4.78, 5) is 25.4. The summed E-state index contributed by atoms with van der Waals surface area (Å²) < 4.78 is 11.4. The molecule has 0 N–H and O–H groups in total. The highest BCUT2D eigenvalue weighted by Gasteiger charge is 2.18. The van der Waals surface area contributed by atoms with E-state index in [1.165, 1.54) is 20.1 Å². The van der Waals surface area contributed by atoms with Gasteiger partial charge in [0.15, 0.2) is 5.78 Å². The molecule has 1 atom stereocenters. The number of hydrogen-bond acceptors (Lipinski definition) is 5. The molecule has 0 aliphatic heterocycles. The van der Waals surface area contributed by atoms with E-state index in [0.29, 0.717) is 40.4 Å². The quantitative estimate of drug-likeness (QED) is 0.172. The zero-order valence-corrected chi connectivity index (χ0v) is 19.2. The molecule has 5 nitrogen and oxygen atoms in total. The third-order valence-electron chi connectivity index (χ3n) is 4.46. The van der Waals surface area contributed by atoms with Crippen molar-refractivity contribution in [3.63, 3.8) is 0 Å². The standard InChI is InChI=1S/C23H32ClNO4/c1-16(11-13-29-23(3,4)5)25(6)15-22(28-7)20(10-12-26)21-14-18(24)8-9-19(21)17(2)27/h8-10,12,14-16H,11,13H2,1-7H3/b20-10-,22-15+. The molecular formula is C23H32ClNO4. The Morgan fingerprint density at radius 1 is 1.28 bits per heavy atom. The van der Waals surface area contributed by atoms with Gasteiger partial charge in [-0.25, -0.2) is 0 Å². The second kappa shape index (κ2) is 11.2. The number of allylic oxidation sites excluding steroid dienone is 2. The van der Waals surface area contributed by atoms with Gasteiger partial charge in [0.25, 0.3) is 0 Å². The fraction of sp³-hybridized carbons (Fsp3) is 0.478. The lowest BCUT2D eigenvalue weighted by molar-refractivity contribution is -0.104. The van der Waals surface area contributed by atoms with Crippen molar-refractivity contribution in [2.45, 2.75) is 52.7 Å². The molecule has 160 valence electrons. The van der Waals surface area contributed by atoms with Crippen molar-refractivity contribution >= 4 is 29.2 Å². The summed E-state index contributed by atoms with van der Waals surface area (Å²) in [5, 5.41) is 0.471. The number of hydrogen-bond donors (Lipinski definition) is 0. The van der Waals surface area contributed by atoms with Gasteiger partial charge < -0.3 is 14.4 Å². The van der Waals surface area contributed by atoms with Crippen molar-refractivity contribution in [3.05, 3.63) is 52.4 Å². The van der Waals surface area contributed by atoms with Gasteiger partial charge in [0.1, 0.15) is 12.0 Å². The number of halogens is 1. The molecule has 29 heavy (non-hydrogen) atoms. The maximum atomic E-state index is 12.1. The number of ether oxygens (including phenoxy) is 2. The number of benzene rings is 1. The van der Waals surface area contributed by atoms with Gasteiger partial charge in [-0.3, -0.25) is 9.59 Å². The van der Waals surface area contributed by atoms with Crippen molar-refractivity contribution in [1.82, 2.24) is 4.90 Å². The van der Waals surface area contributed by atoms with E-state index in [9.17, 15) is 9.59 Å². The third-order valence-corrected chi connectivity index (χ3v) is 4.69. The number of ketones is 1. The molecule has 0 fully saturated rings. The molecule has 1 unspecified atom stereocenters. The van der Waals surface area contributed by atoms with Crippen LogP contribution in [-0.2, 0) is 14.3 Å². The molecule has 0 bridgehead atoms. The molecule has 1 aromatic carbocycles. The molecule has 0 amide bonds. The summed E-state index contributed by atoms with van der Waals surface area (Å²) in [6, 6.07) is 5.15. The molecule has 0 saturated heterocycles. The molecule has 0 spiro atoms. The van der Waals surface area contributed by atoms with Crippen molar-refractivity contribution < 1.29 is 19.1 Å². The van der Waals surface area contributed by atoms with E-state index < -0.39 is 0 Å². The summed E-state index contributed by atoms with van der Waals surface area (Å²) in [7, 11) is 3.47. The molecule has 1 rings (SSSR count). The van der Waals surface area contributed by atoms with Crippen LogP contribution in [0.5, 0.6) is 0 Å². The van der Waals surface area contributed by atoms with Gasteiger partial charge in [-0.1, -0.05) is 11.6 Å². The van der Waals surface area contributed by atoms with Gasteiger partial charge in [-0.2, -0.15) is 0 Å². The molecule has 1 aromatic rings. The Hall–Kier alpha value is -2.11. The van der Waals surface area contributed by atoms with E-state index in [4.69, 9.17) is 21.1 Å². The van der Waals surface area contributed by atoms with E-state index in [1.54, 1.807) is 18.2 Å². The van der Waals surface area contributed by atoms with Crippen LogP contribution >= 0.6 is 11.6 Å². The summed E-state index contributed by atoms with van der Waals surface area (Å²) >= 11 is 6.15. The number of Topliss-reactive ketones (excluding diaryl/α,β-unsaturated/α-hetero) is 1. The number of aldehydes is 1. The van der Waals surface area contributed by atoms with Gasteiger partial charge >= 0.3 is 0 Å². The Morgan fingerprint density at radius 3 is 2.45 bits per heavy atom. The minimum atomic E-state index is -0.179. The highest BCUT2D eigenvalue weighted by molar-refractivity contribution is 6.31. The summed E-state index contributed by atoms with van der Waals surface area (Å²) in [6.45, 7) is 10.3. The van der Waals surface area contributed by atoms with E-state index >= 15 is 0 Å². The molecule has 0 aliphatic carbocycles. The van der Waals surface area contributed by atoms with E-state index in [0.717, 1.165) is 6.42 Å². The van der Waals surface area contributed by atoms with E-state index in [-0.39, 0.29) is 17.4 Å². The first-order valence-electron chi connectivity index (χ1n) is 9.58. The average molecular weight is 422 g/mol. The Kier molecular flexibility index (Phi) is 9.60. The summed E-state index contributed by atoms with van der Waals surface area (Å²) in [5.74, 6) is 0.345. The van der Waals surface area contributed by atoms with E-state index in [1.807, 2.05) is 38.9 Å². The van der Waals surface area contributed by atoms with Gasteiger partial charge in [-0.15, -0.1) is 0 Å². The lowest BCUT2D eigenvalue weighted by Crippen LogP contribution is -2.28. The Bertz CT molecular complexity index is 778. The van der Waals surface area contributed by atoms with Crippen LogP contribution in [0.15, 0.2) is 36.2 Å². The van der Waals surface area contributed by atoms with Crippen LogP contribution in [0.1, 0.15) is 57.0 Å². The fourth-order valence-corrected chi connectivity index (χ4v) is 2.87. The van der Waals surface area contributed by atoms with Crippen LogP contribution in [0.3, 0.4) is 0 Å². The Morgan fingerprint density at radius 2 is 1.93 bits per heavy atom. The number of carbonyl (C=O) groups is 2. The monoisotopic (exact) mass is 421 g/mol. The second-order valence-electron chi connectivity index (χ2n) is 7.92. The van der Waals surface area contributed by atoms with Gasteiger partial charge in [0.2, 0.25) is 0 Å². The van der Waals surface area contributed by atoms with Crippen LogP contribution < -0.4 is 0 Å². The maximum Gasteiger partial charge on any atom is 0.160 e. The van der Waals surface area contributed by atoms with Gasteiger partial charge in [0, 0.05) is 42.1 Å². The van der Waals surface area contributed by atoms with Crippen molar-refractivity contribution in [1.29, 1.82) is 0 Å². The highest BCUT2D eigenvalue weighted by Crippen LogP contribution is 2.30. The van der Waals surface area contributed by atoms with E-state index in [2.05, 4.69) is 6.92 Å². The normalized spacial score (nSPS) is 13.8. The van der Waals surface area contributed by atoms with Crippen LogP contribution in [0.25, 0.3) is 5.57 Å². The van der Waals surface area contributed by atoms with Crippen LogP contribution in [0, 0.1) is 0 Å². The second-order valence-corrected chi connectivity index (χ2v) is 8.36. The van der Waals surface area contributed by atoms with Gasteiger partial charge in [0.05, 0.1) is 12.7 Å². The van der Waals surface area contributed by atoms with Crippen LogP contribution in [0.4, 0.5) is 0 Å². The van der Waals surface area contributed by atoms with Crippen LogP contribution in [-0.4, -0.2) is 49.4 Å². The first kappa shape index (κ1) is 24.9. The first-order valence-corrected chi connectivity index (χ1v) is 9.96. The molecular weight excluding hydrogens is 390 g/mol. The molecule has 0 radical (unpaired) electrons. The number of carbonyl (C=O) groups excluding carboxylic acids is 2. The SMILES string of the molecule is COC(=C/N(C)C(C)CCOC(C)(C)C)/C(=C\C=O)c1cc(Cl)ccc1C(C)=O. The zero-order chi connectivity index (χ0) is 22.2. The van der Waals surface area contributed by atoms with Crippen LogP contribution in [0.2, 0.25) is 5.02 Å². The number of rotatable bonds is 10.